The number of allylic oxidation sites excluding steroid dienone is 2. The summed E-state index contributed by atoms with van der Waals surface area (Å²) in [5.74, 6) is 5.92. The molecule has 27 heavy (non-hydrogen) atoms. The molecule has 0 spiro atoms. The van der Waals surface area contributed by atoms with E-state index in [1.54, 1.807) is 25.4 Å². The molecule has 0 radical (unpaired) electrons. The van der Waals surface area contributed by atoms with Crippen molar-refractivity contribution < 1.29 is 0 Å². The molecule has 154 valence electrons. The number of hydrogen-bond acceptors (Lipinski definition) is 0. The van der Waals surface area contributed by atoms with Crippen molar-refractivity contribution in [2.45, 2.75) is 110 Å². The fraction of sp³-hybridized carbons (Fsp3) is 0.923. The molecule has 0 aromatic carbocycles. The van der Waals surface area contributed by atoms with Crippen LogP contribution in [0.1, 0.15) is 98.8 Å². The lowest BCUT2D eigenvalue weighted by Gasteiger charge is -2.57. The third kappa shape index (κ3) is 4.22. The second-order valence-electron chi connectivity index (χ2n) is 11.7. The van der Waals surface area contributed by atoms with Crippen LogP contribution >= 0.6 is 7.92 Å². The molecule has 0 saturated heterocycles. The van der Waals surface area contributed by atoms with E-state index in [1.807, 2.05) is 5.57 Å². The minimum atomic E-state index is 0.133. The van der Waals surface area contributed by atoms with Gasteiger partial charge in [0.25, 0.3) is 0 Å². The number of unbranched alkanes of at least 4 members (excludes halogenated alkanes) is 1. The summed E-state index contributed by atoms with van der Waals surface area (Å²) in [4.78, 5) is 0. The van der Waals surface area contributed by atoms with Gasteiger partial charge in [0.15, 0.2) is 0 Å². The third-order valence-corrected chi connectivity index (χ3v) is 12.6. The Morgan fingerprint density at radius 1 is 0.963 bits per heavy atom. The van der Waals surface area contributed by atoms with Crippen LogP contribution in [-0.2, 0) is 0 Å². The zero-order valence-electron chi connectivity index (χ0n) is 18.8. The van der Waals surface area contributed by atoms with Crippen molar-refractivity contribution in [3.05, 3.63) is 11.6 Å². The standard InChI is InChI=1S/C26H45P/c1-6-7-8-27(25-23-11-18(2)9-19(3)12-24(25)15-23)26(5)16-20(4)10-21-13-22(14-21)17-26/h11,18-22,24-25H,6-10,12-17H2,1-5H3. The molecule has 0 amide bonds. The fourth-order valence-corrected chi connectivity index (χ4v) is 12.4. The molecular formula is C26H45P. The highest BCUT2D eigenvalue weighted by molar-refractivity contribution is 7.60. The van der Waals surface area contributed by atoms with Crippen LogP contribution in [0.2, 0.25) is 0 Å². The quantitative estimate of drug-likeness (QED) is 0.328. The topological polar surface area (TPSA) is 0 Å². The van der Waals surface area contributed by atoms with Gasteiger partial charge >= 0.3 is 0 Å². The lowest BCUT2D eigenvalue weighted by atomic mass is 9.64. The lowest BCUT2D eigenvalue weighted by molar-refractivity contribution is 0.106. The number of rotatable bonds is 5. The first-order valence-corrected chi connectivity index (χ1v) is 13.9. The van der Waals surface area contributed by atoms with Gasteiger partial charge in [-0.3, -0.25) is 0 Å². The molecule has 7 atom stereocenters. The van der Waals surface area contributed by atoms with E-state index in [0.717, 1.165) is 41.2 Å². The lowest BCUT2D eigenvalue weighted by Crippen LogP contribution is -2.45. The molecular weight excluding hydrogens is 343 g/mol. The largest absolute Gasteiger partial charge is 0.0930 e. The van der Waals surface area contributed by atoms with Crippen molar-refractivity contribution in [3.63, 3.8) is 0 Å². The van der Waals surface area contributed by atoms with Gasteiger partial charge in [-0.25, -0.2) is 0 Å². The Labute approximate surface area is 171 Å². The SMILES string of the molecule is CCCCP(C1C2=CC(C)CC(C)CC1C2)C1(C)CC(C)CC2CC(C2)C1. The minimum absolute atomic E-state index is 0.133. The Bertz CT molecular complexity index is 540. The number of hydrogen-bond donors (Lipinski definition) is 0. The molecule has 4 fully saturated rings. The van der Waals surface area contributed by atoms with Crippen LogP contribution in [0.15, 0.2) is 11.6 Å². The summed E-state index contributed by atoms with van der Waals surface area (Å²) in [6.45, 7) is 12.8. The van der Waals surface area contributed by atoms with Gasteiger partial charge in [0, 0.05) is 5.66 Å². The van der Waals surface area contributed by atoms with E-state index in [-0.39, 0.29) is 7.92 Å². The Morgan fingerprint density at radius 3 is 2.48 bits per heavy atom. The van der Waals surface area contributed by atoms with E-state index in [1.165, 1.54) is 44.9 Å². The van der Waals surface area contributed by atoms with Crippen molar-refractivity contribution in [1.82, 2.24) is 0 Å². The van der Waals surface area contributed by atoms with Crippen molar-refractivity contribution in [2.24, 2.45) is 35.5 Å². The molecule has 0 aliphatic heterocycles. The Morgan fingerprint density at radius 2 is 1.74 bits per heavy atom. The molecule has 4 bridgehead atoms. The van der Waals surface area contributed by atoms with E-state index in [4.69, 9.17) is 0 Å². The molecule has 5 aliphatic rings. The maximum Gasteiger partial charge on any atom is 0.00371 e. The van der Waals surface area contributed by atoms with Crippen LogP contribution in [0.5, 0.6) is 0 Å². The molecule has 5 rings (SSSR count). The molecule has 1 heteroatoms. The van der Waals surface area contributed by atoms with Crippen molar-refractivity contribution in [3.8, 4) is 0 Å². The second kappa shape index (κ2) is 8.13. The molecule has 0 heterocycles. The molecule has 0 N–H and O–H groups in total. The number of fused-ring (bicyclic) bond motifs is 6. The van der Waals surface area contributed by atoms with Crippen LogP contribution in [0.3, 0.4) is 0 Å². The average Bonchev–Trinajstić information content (AvgIpc) is 2.51. The summed E-state index contributed by atoms with van der Waals surface area (Å²) in [7, 11) is 0.133. The highest BCUT2D eigenvalue weighted by atomic mass is 31.1. The van der Waals surface area contributed by atoms with Crippen LogP contribution in [0.25, 0.3) is 0 Å². The van der Waals surface area contributed by atoms with E-state index in [0.29, 0.717) is 5.16 Å². The van der Waals surface area contributed by atoms with Gasteiger partial charge < -0.3 is 0 Å². The first-order valence-electron chi connectivity index (χ1n) is 12.3. The monoisotopic (exact) mass is 388 g/mol. The average molecular weight is 389 g/mol. The van der Waals surface area contributed by atoms with Crippen LogP contribution in [0.4, 0.5) is 0 Å². The normalized spacial score (nSPS) is 48.0. The highest BCUT2D eigenvalue weighted by Crippen LogP contribution is 2.69. The first-order chi connectivity index (χ1) is 12.9. The predicted molar refractivity (Wildman–Crippen MR) is 122 cm³/mol. The zero-order chi connectivity index (χ0) is 19.2. The van der Waals surface area contributed by atoms with Gasteiger partial charge in [0.2, 0.25) is 0 Å². The minimum Gasteiger partial charge on any atom is -0.0930 e. The van der Waals surface area contributed by atoms with Gasteiger partial charge in [-0.2, -0.15) is 0 Å². The van der Waals surface area contributed by atoms with E-state index in [9.17, 15) is 0 Å². The fourth-order valence-electron chi connectivity index (χ4n) is 7.84. The zero-order valence-corrected chi connectivity index (χ0v) is 19.7. The summed E-state index contributed by atoms with van der Waals surface area (Å²) in [5, 5.41) is 0.661. The van der Waals surface area contributed by atoms with Crippen LogP contribution in [-0.4, -0.2) is 17.0 Å². The molecule has 5 aliphatic carbocycles. The Kier molecular flexibility index (Phi) is 6.15. The van der Waals surface area contributed by atoms with E-state index < -0.39 is 0 Å². The van der Waals surface area contributed by atoms with Crippen LogP contribution < -0.4 is 0 Å². The van der Waals surface area contributed by atoms with Crippen molar-refractivity contribution in [2.75, 3.05) is 6.16 Å². The summed E-state index contributed by atoms with van der Waals surface area (Å²) < 4.78 is 0. The molecule has 4 saturated carbocycles. The third-order valence-electron chi connectivity index (χ3n) is 8.67. The summed E-state index contributed by atoms with van der Waals surface area (Å²) >= 11 is 0. The first kappa shape index (κ1) is 20.4. The molecule has 0 aromatic heterocycles. The predicted octanol–water partition coefficient (Wildman–Crippen LogP) is 8.25. The Balaban J connectivity index is 1.62. The highest BCUT2D eigenvalue weighted by Gasteiger charge is 2.51. The van der Waals surface area contributed by atoms with Crippen molar-refractivity contribution in [1.29, 1.82) is 0 Å². The maximum absolute atomic E-state index is 2.77. The second-order valence-corrected chi connectivity index (χ2v) is 14.7. The van der Waals surface area contributed by atoms with Gasteiger partial charge in [-0.1, -0.05) is 60.6 Å². The van der Waals surface area contributed by atoms with Gasteiger partial charge in [0.1, 0.15) is 0 Å². The molecule has 0 nitrogen and oxygen atoms in total. The maximum atomic E-state index is 2.77. The smallest absolute Gasteiger partial charge is 0.00371 e. The van der Waals surface area contributed by atoms with Crippen LogP contribution in [0, 0.1) is 35.5 Å². The summed E-state index contributed by atoms with van der Waals surface area (Å²) in [6, 6.07) is 0. The summed E-state index contributed by atoms with van der Waals surface area (Å²) in [6.07, 6.45) is 19.4. The van der Waals surface area contributed by atoms with Crippen molar-refractivity contribution >= 4 is 7.92 Å². The van der Waals surface area contributed by atoms with E-state index in [2.05, 4.69) is 40.7 Å². The van der Waals surface area contributed by atoms with Gasteiger partial charge in [0.05, 0.1) is 0 Å². The summed E-state index contributed by atoms with van der Waals surface area (Å²) in [5.41, 5.74) is 2.92. The molecule has 7 unspecified atom stereocenters. The van der Waals surface area contributed by atoms with Gasteiger partial charge in [-0.15, -0.1) is 0 Å². The molecule has 0 aromatic rings. The Hall–Kier alpha value is 0.170. The van der Waals surface area contributed by atoms with E-state index >= 15 is 0 Å². The van der Waals surface area contributed by atoms with Gasteiger partial charge in [-0.05, 0) is 105 Å².